The first-order chi connectivity index (χ1) is 16.2. The minimum Gasteiger partial charge on any atom is -0.378 e. The van der Waals surface area contributed by atoms with Crippen molar-refractivity contribution in [3.8, 4) is 11.4 Å². The predicted molar refractivity (Wildman–Crippen MR) is 129 cm³/mol. The molecule has 0 spiro atoms. The van der Waals surface area contributed by atoms with Crippen LogP contribution in [0.5, 0.6) is 0 Å². The number of rotatable bonds is 6. The van der Waals surface area contributed by atoms with E-state index in [0.717, 1.165) is 30.0 Å². The molecule has 4 heterocycles. The maximum absolute atomic E-state index is 5.53. The van der Waals surface area contributed by atoms with Crippen molar-refractivity contribution in [2.75, 3.05) is 36.6 Å². The molecule has 5 rings (SSSR count). The van der Waals surface area contributed by atoms with Gasteiger partial charge in [0.25, 0.3) is 5.78 Å². The van der Waals surface area contributed by atoms with Crippen LogP contribution in [0.15, 0.2) is 60.0 Å². The van der Waals surface area contributed by atoms with Gasteiger partial charge < -0.3 is 9.64 Å². The minimum atomic E-state index is 0.467. The average Bonchev–Trinajstić information content (AvgIpc) is 3.29. The quantitative estimate of drug-likeness (QED) is 0.360. The van der Waals surface area contributed by atoms with Gasteiger partial charge in [0.15, 0.2) is 11.6 Å². The molecule has 9 nitrogen and oxygen atoms in total. The lowest BCUT2D eigenvalue weighted by atomic mass is 10.0. The molecule has 0 unspecified atom stereocenters. The molecule has 1 N–H and O–H groups in total. The Kier molecular flexibility index (Phi) is 5.95. The fourth-order valence-corrected chi connectivity index (χ4v) is 3.72. The van der Waals surface area contributed by atoms with E-state index in [4.69, 9.17) is 9.84 Å². The van der Waals surface area contributed by atoms with Gasteiger partial charge in [0, 0.05) is 37.1 Å². The van der Waals surface area contributed by atoms with Crippen LogP contribution in [-0.4, -0.2) is 57.1 Å². The van der Waals surface area contributed by atoms with Gasteiger partial charge in [0.1, 0.15) is 5.82 Å². The topological polar surface area (TPSA) is 92.8 Å². The zero-order chi connectivity index (χ0) is 22.6. The van der Waals surface area contributed by atoms with Gasteiger partial charge in [-0.2, -0.15) is 19.6 Å². The highest BCUT2D eigenvalue weighted by Crippen LogP contribution is 2.23. The fourth-order valence-electron chi connectivity index (χ4n) is 3.72. The number of anilines is 2. The standard InChI is InChI=1S/C24H26N8O/c1-17(2)20-5-3-4-18(14-20)16-26-29-21-15-22(31-10-12-33-13-11-31)32-24(27-21)28-23(30-32)19-6-8-25-9-7-19/h3-9,14-17H,10-13H2,1-2H3,(H,27,28,29,30)/b26-16+. The number of aromatic nitrogens is 5. The molecule has 0 saturated carbocycles. The summed E-state index contributed by atoms with van der Waals surface area (Å²) in [6.07, 6.45) is 5.26. The van der Waals surface area contributed by atoms with Gasteiger partial charge in [0.05, 0.1) is 19.4 Å². The normalized spacial score (nSPS) is 14.5. The van der Waals surface area contributed by atoms with Crippen LogP contribution in [0, 0.1) is 0 Å². The molecule has 1 saturated heterocycles. The number of nitrogens with one attached hydrogen (secondary N) is 1. The van der Waals surface area contributed by atoms with Gasteiger partial charge in [-0.3, -0.25) is 10.4 Å². The molecule has 1 aliphatic heterocycles. The van der Waals surface area contributed by atoms with Gasteiger partial charge in [-0.1, -0.05) is 32.0 Å². The number of ether oxygens (including phenoxy) is 1. The monoisotopic (exact) mass is 442 g/mol. The van der Waals surface area contributed by atoms with Crippen molar-refractivity contribution in [3.05, 3.63) is 66.0 Å². The highest BCUT2D eigenvalue weighted by atomic mass is 16.5. The summed E-state index contributed by atoms with van der Waals surface area (Å²) in [5.74, 6) is 3.08. The van der Waals surface area contributed by atoms with E-state index < -0.39 is 0 Å². The van der Waals surface area contributed by atoms with Gasteiger partial charge in [-0.05, 0) is 35.2 Å². The van der Waals surface area contributed by atoms with E-state index in [1.165, 1.54) is 5.56 Å². The van der Waals surface area contributed by atoms with Crippen molar-refractivity contribution in [2.45, 2.75) is 19.8 Å². The summed E-state index contributed by atoms with van der Waals surface area (Å²) in [5, 5.41) is 9.14. The van der Waals surface area contributed by atoms with E-state index in [9.17, 15) is 0 Å². The van der Waals surface area contributed by atoms with Crippen LogP contribution in [0.25, 0.3) is 17.2 Å². The summed E-state index contributed by atoms with van der Waals surface area (Å²) in [5.41, 5.74) is 6.27. The first-order valence-electron chi connectivity index (χ1n) is 11.1. The molecule has 0 atom stereocenters. The number of nitrogens with zero attached hydrogens (tertiary/aromatic N) is 7. The smallest absolute Gasteiger partial charge is 0.256 e. The van der Waals surface area contributed by atoms with E-state index >= 15 is 0 Å². The van der Waals surface area contributed by atoms with E-state index in [1.54, 1.807) is 23.1 Å². The maximum Gasteiger partial charge on any atom is 0.256 e. The lowest BCUT2D eigenvalue weighted by Gasteiger charge is -2.28. The summed E-state index contributed by atoms with van der Waals surface area (Å²) < 4.78 is 7.31. The Morgan fingerprint density at radius 1 is 1.06 bits per heavy atom. The molecule has 1 fully saturated rings. The minimum absolute atomic E-state index is 0.467. The van der Waals surface area contributed by atoms with Crippen molar-refractivity contribution in [1.82, 2.24) is 24.6 Å². The molecule has 9 heteroatoms. The number of benzene rings is 1. The fraction of sp³-hybridized carbons (Fsp3) is 0.292. The Morgan fingerprint density at radius 2 is 1.88 bits per heavy atom. The number of morpholine rings is 1. The van der Waals surface area contributed by atoms with Crippen LogP contribution >= 0.6 is 0 Å². The van der Waals surface area contributed by atoms with E-state index in [2.05, 4.69) is 56.4 Å². The second-order valence-corrected chi connectivity index (χ2v) is 8.18. The highest BCUT2D eigenvalue weighted by molar-refractivity contribution is 5.80. The average molecular weight is 443 g/mol. The van der Waals surface area contributed by atoms with Crippen molar-refractivity contribution in [2.24, 2.45) is 5.10 Å². The van der Waals surface area contributed by atoms with Crippen LogP contribution in [0.2, 0.25) is 0 Å². The summed E-state index contributed by atoms with van der Waals surface area (Å²) >= 11 is 0. The zero-order valence-electron chi connectivity index (χ0n) is 18.7. The summed E-state index contributed by atoms with van der Waals surface area (Å²) in [6, 6.07) is 14.1. The van der Waals surface area contributed by atoms with Crippen molar-refractivity contribution in [3.63, 3.8) is 0 Å². The van der Waals surface area contributed by atoms with Crippen LogP contribution in [0.1, 0.15) is 30.9 Å². The van der Waals surface area contributed by atoms with Crippen LogP contribution < -0.4 is 10.3 Å². The van der Waals surface area contributed by atoms with Gasteiger partial charge in [0.2, 0.25) is 0 Å². The van der Waals surface area contributed by atoms with Crippen LogP contribution in [0.4, 0.5) is 11.6 Å². The number of pyridine rings is 1. The molecule has 1 aliphatic rings. The zero-order valence-corrected chi connectivity index (χ0v) is 18.7. The van der Waals surface area contributed by atoms with Gasteiger partial charge in [-0.15, -0.1) is 5.10 Å². The molecule has 33 heavy (non-hydrogen) atoms. The van der Waals surface area contributed by atoms with Crippen LogP contribution in [-0.2, 0) is 4.74 Å². The number of hydrazone groups is 1. The molecule has 1 aromatic carbocycles. The van der Waals surface area contributed by atoms with E-state index in [1.807, 2.05) is 30.3 Å². The van der Waals surface area contributed by atoms with Gasteiger partial charge >= 0.3 is 0 Å². The third kappa shape index (κ3) is 4.68. The molecular formula is C24H26N8O. The summed E-state index contributed by atoms with van der Waals surface area (Å²) in [6.45, 7) is 7.24. The largest absolute Gasteiger partial charge is 0.378 e. The molecule has 0 amide bonds. The van der Waals surface area contributed by atoms with Crippen molar-refractivity contribution >= 4 is 23.6 Å². The molecule has 0 bridgehead atoms. The van der Waals surface area contributed by atoms with E-state index in [0.29, 0.717) is 36.6 Å². The lowest BCUT2D eigenvalue weighted by molar-refractivity contribution is 0.122. The molecule has 0 aliphatic carbocycles. The number of fused-ring (bicyclic) bond motifs is 1. The Bertz CT molecular complexity index is 1260. The number of hydrogen-bond donors (Lipinski definition) is 1. The summed E-state index contributed by atoms with van der Waals surface area (Å²) in [7, 11) is 0. The van der Waals surface area contributed by atoms with Crippen molar-refractivity contribution in [1.29, 1.82) is 0 Å². The number of hydrogen-bond acceptors (Lipinski definition) is 8. The molecule has 4 aromatic rings. The highest BCUT2D eigenvalue weighted by Gasteiger charge is 2.19. The Balaban J connectivity index is 1.47. The van der Waals surface area contributed by atoms with Crippen LogP contribution in [0.3, 0.4) is 0 Å². The summed E-state index contributed by atoms with van der Waals surface area (Å²) in [4.78, 5) is 15.6. The third-order valence-electron chi connectivity index (χ3n) is 5.54. The first kappa shape index (κ1) is 21.0. The van der Waals surface area contributed by atoms with Crippen molar-refractivity contribution < 1.29 is 4.74 Å². The van der Waals surface area contributed by atoms with Gasteiger partial charge in [-0.25, -0.2) is 0 Å². The molecular weight excluding hydrogens is 416 g/mol. The maximum atomic E-state index is 5.53. The second kappa shape index (κ2) is 9.33. The SMILES string of the molecule is CC(C)c1cccc(/C=N/Nc2cc(N3CCOCC3)n3nc(-c4ccncc4)nc3n2)c1. The Hall–Kier alpha value is -3.85. The molecule has 0 radical (unpaired) electrons. The lowest BCUT2D eigenvalue weighted by Crippen LogP contribution is -2.37. The Morgan fingerprint density at radius 3 is 2.67 bits per heavy atom. The molecule has 3 aromatic heterocycles. The second-order valence-electron chi connectivity index (χ2n) is 8.18. The molecule has 168 valence electrons. The van der Waals surface area contributed by atoms with E-state index in [-0.39, 0.29) is 0 Å². The third-order valence-corrected chi connectivity index (χ3v) is 5.54. The first-order valence-corrected chi connectivity index (χ1v) is 11.1. The predicted octanol–water partition coefficient (Wildman–Crippen LogP) is 3.59. The Labute approximate surface area is 192 Å².